The molecule has 0 radical (unpaired) electrons. The Morgan fingerprint density at radius 2 is 1.95 bits per heavy atom. The predicted molar refractivity (Wildman–Crippen MR) is 83.0 cm³/mol. The third-order valence-corrected chi connectivity index (χ3v) is 3.96. The zero-order chi connectivity index (χ0) is 14.8. The van der Waals surface area contributed by atoms with Crippen LogP contribution in [0.5, 0.6) is 5.75 Å². The van der Waals surface area contributed by atoms with Crippen molar-refractivity contribution in [1.82, 2.24) is 5.32 Å². The van der Waals surface area contributed by atoms with E-state index in [-0.39, 0.29) is 5.82 Å². The molecule has 110 valence electrons. The van der Waals surface area contributed by atoms with Crippen molar-refractivity contribution in [3.05, 3.63) is 53.3 Å². The summed E-state index contributed by atoms with van der Waals surface area (Å²) in [4.78, 5) is 0. The lowest BCUT2D eigenvalue weighted by Gasteiger charge is -2.14. The molecule has 0 unspecified atom stereocenters. The number of nitrogens with one attached hydrogen (secondary N) is 1. The van der Waals surface area contributed by atoms with Crippen LogP contribution in [0.1, 0.15) is 24.0 Å². The fourth-order valence-electron chi connectivity index (χ4n) is 2.53. The summed E-state index contributed by atoms with van der Waals surface area (Å²) in [6, 6.07) is 11.6. The molecule has 1 N–H and O–H groups in total. The smallest absolute Gasteiger partial charge is 0.123 e. The van der Waals surface area contributed by atoms with Crippen molar-refractivity contribution in [3.63, 3.8) is 0 Å². The first-order valence-corrected chi connectivity index (χ1v) is 7.34. The molecule has 1 aliphatic carbocycles. The molecule has 21 heavy (non-hydrogen) atoms. The van der Waals surface area contributed by atoms with Gasteiger partial charge in [-0.3, -0.25) is 0 Å². The van der Waals surface area contributed by atoms with Gasteiger partial charge in [0.05, 0.1) is 7.11 Å². The molecule has 0 bridgehead atoms. The normalized spacial score (nSPS) is 14.2. The number of hydrogen-bond acceptors (Lipinski definition) is 2. The summed E-state index contributed by atoms with van der Waals surface area (Å²) in [5.74, 6) is 0.632. The molecule has 0 amide bonds. The van der Waals surface area contributed by atoms with Crippen molar-refractivity contribution < 1.29 is 9.13 Å². The van der Waals surface area contributed by atoms with Gasteiger partial charge in [0.2, 0.25) is 0 Å². The zero-order valence-corrected chi connectivity index (χ0v) is 12.4. The third kappa shape index (κ3) is 3.24. The highest BCUT2D eigenvalue weighted by Crippen LogP contribution is 2.31. The summed E-state index contributed by atoms with van der Waals surface area (Å²) in [5.41, 5.74) is 4.25. The first kappa shape index (κ1) is 14.1. The van der Waals surface area contributed by atoms with Gasteiger partial charge in [-0.2, -0.15) is 0 Å². The van der Waals surface area contributed by atoms with E-state index in [4.69, 9.17) is 4.74 Å². The molecule has 0 aromatic heterocycles. The number of benzene rings is 2. The number of rotatable bonds is 5. The topological polar surface area (TPSA) is 21.3 Å². The van der Waals surface area contributed by atoms with E-state index in [9.17, 15) is 4.39 Å². The van der Waals surface area contributed by atoms with E-state index in [0.717, 1.165) is 34.5 Å². The minimum atomic E-state index is -0.201. The summed E-state index contributed by atoms with van der Waals surface area (Å²) in [6.07, 6.45) is 2.50. The highest BCUT2D eigenvalue weighted by Gasteiger charge is 2.21. The minimum absolute atomic E-state index is 0.201. The molecule has 0 atom stereocenters. The first-order valence-electron chi connectivity index (χ1n) is 7.34. The van der Waals surface area contributed by atoms with Crippen LogP contribution in [0.4, 0.5) is 4.39 Å². The maximum Gasteiger partial charge on any atom is 0.123 e. The van der Waals surface area contributed by atoms with E-state index in [2.05, 4.69) is 5.32 Å². The molecular formula is C18H20FNO. The van der Waals surface area contributed by atoms with Crippen molar-refractivity contribution >= 4 is 0 Å². The summed E-state index contributed by atoms with van der Waals surface area (Å²) in [5, 5.41) is 3.52. The van der Waals surface area contributed by atoms with Crippen LogP contribution in [-0.2, 0) is 6.54 Å². The lowest BCUT2D eigenvalue weighted by Crippen LogP contribution is -2.16. The van der Waals surface area contributed by atoms with E-state index in [1.165, 1.54) is 18.9 Å². The van der Waals surface area contributed by atoms with E-state index >= 15 is 0 Å². The molecule has 2 nitrogen and oxygen atoms in total. The van der Waals surface area contributed by atoms with Crippen LogP contribution in [-0.4, -0.2) is 13.2 Å². The van der Waals surface area contributed by atoms with Gasteiger partial charge in [0, 0.05) is 12.6 Å². The van der Waals surface area contributed by atoms with Gasteiger partial charge in [-0.15, -0.1) is 0 Å². The lowest BCUT2D eigenvalue weighted by molar-refractivity contribution is 0.414. The maximum absolute atomic E-state index is 13.6. The average molecular weight is 285 g/mol. The maximum atomic E-state index is 13.6. The zero-order valence-electron chi connectivity index (χ0n) is 12.4. The highest BCUT2D eigenvalue weighted by molar-refractivity contribution is 5.71. The summed E-state index contributed by atoms with van der Waals surface area (Å²) < 4.78 is 18.9. The van der Waals surface area contributed by atoms with E-state index in [1.807, 2.05) is 31.2 Å². The molecule has 0 spiro atoms. The van der Waals surface area contributed by atoms with Crippen LogP contribution in [0, 0.1) is 12.7 Å². The van der Waals surface area contributed by atoms with Gasteiger partial charge in [0.1, 0.15) is 11.6 Å². The standard InChI is InChI=1S/C18H20FNO/c1-12-3-4-14(19)10-18(12)17-8-7-16(21-2)9-13(17)11-20-15-5-6-15/h3-4,7-10,15,20H,5-6,11H2,1-2H3. The van der Waals surface area contributed by atoms with E-state index < -0.39 is 0 Å². The Morgan fingerprint density at radius 3 is 2.67 bits per heavy atom. The molecule has 1 aliphatic rings. The van der Waals surface area contributed by atoms with Crippen LogP contribution in [0.2, 0.25) is 0 Å². The molecule has 3 heteroatoms. The van der Waals surface area contributed by atoms with Crippen LogP contribution >= 0.6 is 0 Å². The van der Waals surface area contributed by atoms with Crippen molar-refractivity contribution in [1.29, 1.82) is 0 Å². The molecule has 2 aromatic carbocycles. The quantitative estimate of drug-likeness (QED) is 0.894. The Morgan fingerprint density at radius 1 is 1.14 bits per heavy atom. The van der Waals surface area contributed by atoms with E-state index in [1.54, 1.807) is 13.2 Å². The molecule has 1 saturated carbocycles. The summed E-state index contributed by atoms with van der Waals surface area (Å²) in [6.45, 7) is 2.80. The molecule has 3 rings (SSSR count). The second-order valence-electron chi connectivity index (χ2n) is 5.64. The van der Waals surface area contributed by atoms with Crippen LogP contribution in [0.25, 0.3) is 11.1 Å². The molecule has 1 fully saturated rings. The third-order valence-electron chi connectivity index (χ3n) is 3.96. The fourth-order valence-corrected chi connectivity index (χ4v) is 2.53. The molecule has 2 aromatic rings. The number of hydrogen-bond donors (Lipinski definition) is 1. The van der Waals surface area contributed by atoms with Crippen molar-refractivity contribution in [2.45, 2.75) is 32.4 Å². The minimum Gasteiger partial charge on any atom is -0.497 e. The Bertz CT molecular complexity index is 650. The Kier molecular flexibility index (Phi) is 3.93. The van der Waals surface area contributed by atoms with Crippen molar-refractivity contribution in [2.75, 3.05) is 7.11 Å². The van der Waals surface area contributed by atoms with Gasteiger partial charge in [-0.25, -0.2) is 4.39 Å². The van der Waals surface area contributed by atoms with Gasteiger partial charge < -0.3 is 10.1 Å². The molecule has 0 heterocycles. The van der Waals surface area contributed by atoms with Crippen molar-refractivity contribution in [2.24, 2.45) is 0 Å². The van der Waals surface area contributed by atoms with Gasteiger partial charge in [0.25, 0.3) is 0 Å². The summed E-state index contributed by atoms with van der Waals surface area (Å²) in [7, 11) is 1.67. The molecule has 0 aliphatic heterocycles. The van der Waals surface area contributed by atoms with Crippen LogP contribution < -0.4 is 10.1 Å². The predicted octanol–water partition coefficient (Wildman–Crippen LogP) is 4.06. The summed E-state index contributed by atoms with van der Waals surface area (Å²) >= 11 is 0. The largest absolute Gasteiger partial charge is 0.497 e. The lowest BCUT2D eigenvalue weighted by atomic mass is 9.95. The molecule has 0 saturated heterocycles. The number of halogens is 1. The monoisotopic (exact) mass is 285 g/mol. The van der Waals surface area contributed by atoms with E-state index in [0.29, 0.717) is 6.04 Å². The van der Waals surface area contributed by atoms with Gasteiger partial charge >= 0.3 is 0 Å². The average Bonchev–Trinajstić information content (AvgIpc) is 3.32. The number of aryl methyl sites for hydroxylation is 1. The second-order valence-corrected chi connectivity index (χ2v) is 5.64. The fraction of sp³-hybridized carbons (Fsp3) is 0.333. The first-order chi connectivity index (χ1) is 10.2. The Hall–Kier alpha value is -1.87. The van der Waals surface area contributed by atoms with Gasteiger partial charge in [-0.05, 0) is 66.3 Å². The van der Waals surface area contributed by atoms with Crippen molar-refractivity contribution in [3.8, 4) is 16.9 Å². The Labute approximate surface area is 125 Å². The highest BCUT2D eigenvalue weighted by atomic mass is 19.1. The number of methoxy groups -OCH3 is 1. The SMILES string of the molecule is COc1ccc(-c2cc(F)ccc2C)c(CNC2CC2)c1. The second kappa shape index (κ2) is 5.86. The number of ether oxygens (including phenoxy) is 1. The van der Waals surface area contributed by atoms with Gasteiger partial charge in [-0.1, -0.05) is 12.1 Å². The van der Waals surface area contributed by atoms with Crippen LogP contribution in [0.3, 0.4) is 0 Å². The Balaban J connectivity index is 2.00. The molecular weight excluding hydrogens is 265 g/mol. The van der Waals surface area contributed by atoms with Gasteiger partial charge in [0.15, 0.2) is 0 Å². The van der Waals surface area contributed by atoms with Crippen LogP contribution in [0.15, 0.2) is 36.4 Å².